The van der Waals surface area contributed by atoms with Gasteiger partial charge in [0.1, 0.15) is 0 Å². The molecule has 1 aromatic rings. The first-order valence-electron chi connectivity index (χ1n) is 7.08. The number of fused-ring (bicyclic) bond motifs is 1. The van der Waals surface area contributed by atoms with Gasteiger partial charge >= 0.3 is 0 Å². The van der Waals surface area contributed by atoms with Crippen LogP contribution in [-0.2, 0) is 0 Å². The van der Waals surface area contributed by atoms with E-state index in [0.717, 1.165) is 29.5 Å². The molecule has 5 nitrogen and oxygen atoms in total. The molecule has 2 atom stereocenters. The molecule has 0 spiro atoms. The highest BCUT2D eigenvalue weighted by atomic mass is 79.9. The molecule has 1 N–H and O–H groups in total. The Morgan fingerprint density at radius 3 is 3.00 bits per heavy atom. The molecule has 1 aromatic carbocycles. The summed E-state index contributed by atoms with van der Waals surface area (Å²) in [7, 11) is 0. The first-order chi connectivity index (χ1) is 9.63. The number of anilines is 1. The van der Waals surface area contributed by atoms with E-state index in [0.29, 0.717) is 12.1 Å². The molecule has 2 unspecified atom stereocenters. The fourth-order valence-corrected chi connectivity index (χ4v) is 3.67. The van der Waals surface area contributed by atoms with E-state index in [-0.39, 0.29) is 10.6 Å². The molecule has 2 aliphatic rings. The van der Waals surface area contributed by atoms with E-state index in [1.165, 1.54) is 25.5 Å². The Morgan fingerprint density at radius 1 is 1.35 bits per heavy atom. The van der Waals surface area contributed by atoms with Gasteiger partial charge in [0.05, 0.1) is 10.6 Å². The van der Waals surface area contributed by atoms with E-state index < -0.39 is 0 Å². The normalized spacial score (nSPS) is 26.2. The number of nitro groups is 1. The zero-order chi connectivity index (χ0) is 14.1. The third-order valence-electron chi connectivity index (χ3n) is 4.34. The van der Waals surface area contributed by atoms with Crippen LogP contribution in [0.25, 0.3) is 0 Å². The summed E-state index contributed by atoms with van der Waals surface area (Å²) in [5, 5.41) is 14.3. The second-order valence-electron chi connectivity index (χ2n) is 5.62. The Morgan fingerprint density at radius 2 is 2.20 bits per heavy atom. The van der Waals surface area contributed by atoms with E-state index in [4.69, 9.17) is 0 Å². The van der Waals surface area contributed by atoms with Crippen molar-refractivity contribution in [1.29, 1.82) is 0 Å². The first kappa shape index (κ1) is 13.8. The highest BCUT2D eigenvalue weighted by Crippen LogP contribution is 2.32. The molecule has 0 aromatic heterocycles. The minimum Gasteiger partial charge on any atom is -0.381 e. The number of hydrogen-bond donors (Lipinski definition) is 1. The van der Waals surface area contributed by atoms with E-state index in [1.54, 1.807) is 12.1 Å². The minimum atomic E-state index is -0.350. The molecular formula is C14H18BrN3O2. The predicted molar refractivity (Wildman–Crippen MR) is 82.0 cm³/mol. The maximum Gasteiger partial charge on any atom is 0.271 e. The monoisotopic (exact) mass is 339 g/mol. The van der Waals surface area contributed by atoms with Gasteiger partial charge in [-0.05, 0) is 54.2 Å². The number of hydrogen-bond acceptors (Lipinski definition) is 4. The van der Waals surface area contributed by atoms with Gasteiger partial charge in [-0.3, -0.25) is 10.1 Å². The van der Waals surface area contributed by atoms with Crippen LogP contribution in [0.2, 0.25) is 0 Å². The molecule has 0 saturated carbocycles. The van der Waals surface area contributed by atoms with Crippen LogP contribution in [0.1, 0.15) is 25.7 Å². The summed E-state index contributed by atoms with van der Waals surface area (Å²) >= 11 is 3.47. The molecule has 2 heterocycles. The highest BCUT2D eigenvalue weighted by molar-refractivity contribution is 9.10. The molecule has 0 aliphatic carbocycles. The SMILES string of the molecule is O=[N+]([O-])c1ccc(Br)c(NC2CCN3CCCC3C2)c1. The van der Waals surface area contributed by atoms with E-state index >= 15 is 0 Å². The summed E-state index contributed by atoms with van der Waals surface area (Å²) in [5.74, 6) is 0. The van der Waals surface area contributed by atoms with Crippen molar-refractivity contribution in [2.24, 2.45) is 0 Å². The van der Waals surface area contributed by atoms with Crippen molar-refractivity contribution < 1.29 is 4.92 Å². The quantitative estimate of drug-likeness (QED) is 0.677. The fourth-order valence-electron chi connectivity index (χ4n) is 3.31. The topological polar surface area (TPSA) is 58.4 Å². The molecule has 2 fully saturated rings. The van der Waals surface area contributed by atoms with Crippen molar-refractivity contribution in [3.05, 3.63) is 32.8 Å². The summed E-state index contributed by atoms with van der Waals surface area (Å²) in [4.78, 5) is 13.1. The van der Waals surface area contributed by atoms with Gasteiger partial charge in [-0.15, -0.1) is 0 Å². The number of nitrogens with zero attached hydrogens (tertiary/aromatic N) is 2. The second-order valence-corrected chi connectivity index (χ2v) is 6.47. The fraction of sp³-hybridized carbons (Fsp3) is 0.571. The number of halogens is 1. The maximum atomic E-state index is 10.9. The Hall–Kier alpha value is -1.14. The lowest BCUT2D eigenvalue weighted by Crippen LogP contribution is -2.42. The largest absolute Gasteiger partial charge is 0.381 e. The van der Waals surface area contributed by atoms with Gasteiger partial charge in [-0.1, -0.05) is 0 Å². The molecule has 2 saturated heterocycles. The summed E-state index contributed by atoms with van der Waals surface area (Å²) in [6.07, 6.45) is 4.83. The smallest absolute Gasteiger partial charge is 0.271 e. The molecule has 2 aliphatic heterocycles. The van der Waals surface area contributed by atoms with Gasteiger partial charge in [0.2, 0.25) is 0 Å². The lowest BCUT2D eigenvalue weighted by molar-refractivity contribution is -0.384. The number of benzene rings is 1. The Bertz CT molecular complexity index is 523. The van der Waals surface area contributed by atoms with Crippen LogP contribution in [0.3, 0.4) is 0 Å². The first-order valence-corrected chi connectivity index (χ1v) is 7.87. The van der Waals surface area contributed by atoms with Crippen molar-refractivity contribution in [3.63, 3.8) is 0 Å². The van der Waals surface area contributed by atoms with Crippen LogP contribution < -0.4 is 5.32 Å². The zero-order valence-corrected chi connectivity index (χ0v) is 12.8. The Kier molecular flexibility index (Phi) is 3.94. The predicted octanol–water partition coefficient (Wildman–Crippen LogP) is 3.40. The molecule has 20 heavy (non-hydrogen) atoms. The summed E-state index contributed by atoms with van der Waals surface area (Å²) in [5.41, 5.74) is 0.963. The zero-order valence-electron chi connectivity index (χ0n) is 11.2. The average Bonchev–Trinajstić information content (AvgIpc) is 2.88. The average molecular weight is 340 g/mol. The molecule has 3 rings (SSSR count). The summed E-state index contributed by atoms with van der Waals surface area (Å²) < 4.78 is 0.886. The van der Waals surface area contributed by atoms with Crippen molar-refractivity contribution >= 4 is 27.3 Å². The van der Waals surface area contributed by atoms with Gasteiger partial charge in [-0.25, -0.2) is 0 Å². The van der Waals surface area contributed by atoms with E-state index in [1.807, 2.05) is 0 Å². The Balaban J connectivity index is 1.71. The van der Waals surface area contributed by atoms with Gasteiger partial charge in [0.25, 0.3) is 5.69 Å². The summed E-state index contributed by atoms with van der Waals surface area (Å²) in [6, 6.07) is 5.98. The number of rotatable bonds is 3. The third-order valence-corrected chi connectivity index (χ3v) is 5.03. The third kappa shape index (κ3) is 2.81. The molecular weight excluding hydrogens is 322 g/mol. The van der Waals surface area contributed by atoms with Gasteiger partial charge in [0.15, 0.2) is 0 Å². The van der Waals surface area contributed by atoms with Crippen LogP contribution >= 0.6 is 15.9 Å². The molecule has 0 amide bonds. The number of nitrogens with one attached hydrogen (secondary N) is 1. The van der Waals surface area contributed by atoms with Gasteiger partial charge in [-0.2, -0.15) is 0 Å². The van der Waals surface area contributed by atoms with Crippen LogP contribution in [0.15, 0.2) is 22.7 Å². The van der Waals surface area contributed by atoms with Gasteiger partial charge < -0.3 is 10.2 Å². The summed E-state index contributed by atoms with van der Waals surface area (Å²) in [6.45, 7) is 2.37. The molecule has 6 heteroatoms. The molecule has 108 valence electrons. The van der Waals surface area contributed by atoms with Crippen molar-refractivity contribution in [2.45, 2.75) is 37.8 Å². The Labute approximate surface area is 126 Å². The highest BCUT2D eigenvalue weighted by Gasteiger charge is 2.31. The number of piperidine rings is 1. The maximum absolute atomic E-state index is 10.9. The van der Waals surface area contributed by atoms with Crippen molar-refractivity contribution in [3.8, 4) is 0 Å². The van der Waals surface area contributed by atoms with E-state index in [9.17, 15) is 10.1 Å². The second kappa shape index (κ2) is 5.69. The van der Waals surface area contributed by atoms with Crippen molar-refractivity contribution in [2.75, 3.05) is 18.4 Å². The van der Waals surface area contributed by atoms with Crippen LogP contribution in [0.4, 0.5) is 11.4 Å². The molecule has 0 bridgehead atoms. The molecule has 0 radical (unpaired) electrons. The lowest BCUT2D eigenvalue weighted by Gasteiger charge is -2.35. The van der Waals surface area contributed by atoms with Crippen LogP contribution in [0.5, 0.6) is 0 Å². The van der Waals surface area contributed by atoms with Gasteiger partial charge in [0, 0.05) is 35.2 Å². The minimum absolute atomic E-state index is 0.133. The van der Waals surface area contributed by atoms with E-state index in [2.05, 4.69) is 26.1 Å². The number of nitro benzene ring substituents is 1. The number of non-ortho nitro benzene ring substituents is 1. The lowest BCUT2D eigenvalue weighted by atomic mass is 9.97. The van der Waals surface area contributed by atoms with Crippen molar-refractivity contribution in [1.82, 2.24) is 4.90 Å². The standard InChI is InChI=1S/C14H18BrN3O2/c15-13-4-3-12(18(19)20)9-14(13)16-10-5-7-17-6-1-2-11(17)8-10/h3-4,9-11,16H,1-2,5-8H2. The van der Waals surface area contributed by atoms with Crippen LogP contribution in [0, 0.1) is 10.1 Å². The van der Waals surface area contributed by atoms with Crippen LogP contribution in [-0.4, -0.2) is 35.0 Å².